The Bertz CT molecular complexity index is 893. The van der Waals surface area contributed by atoms with E-state index in [-0.39, 0.29) is 23.8 Å². The maximum Gasteiger partial charge on any atom is 0.251 e. The fourth-order valence-corrected chi connectivity index (χ4v) is 4.01. The maximum absolute atomic E-state index is 12.8. The molecule has 0 spiro atoms. The van der Waals surface area contributed by atoms with Gasteiger partial charge in [0.25, 0.3) is 5.91 Å². The highest BCUT2D eigenvalue weighted by atomic mass is 16.2. The summed E-state index contributed by atoms with van der Waals surface area (Å²) in [5.74, 6) is -0.224. The topological polar surface area (TPSA) is 97.8 Å². The zero-order valence-electron chi connectivity index (χ0n) is 15.2. The number of hydrogen-bond donors (Lipinski definition) is 3. The Morgan fingerprint density at radius 1 is 1.15 bits per heavy atom. The molecular weight excluding hydrogens is 340 g/mol. The standard InChI is InChI=1S/C21H24N4O2/c22-12-19(13-5-6-13)25-21(27)16-3-1-2-4-18(16)24-20(26)15-7-8-17-14(11-15)9-10-23-17/h7-11,13,16,18-19,23H,1-6H2,(H,24,26)(H,25,27)/t16-,18?,19-/m1/s1. The van der Waals surface area contributed by atoms with Crippen molar-refractivity contribution < 1.29 is 9.59 Å². The van der Waals surface area contributed by atoms with Crippen molar-refractivity contribution in [2.45, 2.75) is 50.6 Å². The van der Waals surface area contributed by atoms with Crippen LogP contribution in [0.15, 0.2) is 30.5 Å². The first-order valence-corrected chi connectivity index (χ1v) is 9.73. The molecule has 4 rings (SSSR count). The highest BCUT2D eigenvalue weighted by molar-refractivity contribution is 5.98. The van der Waals surface area contributed by atoms with Gasteiger partial charge in [-0.15, -0.1) is 0 Å². The summed E-state index contributed by atoms with van der Waals surface area (Å²) in [5.41, 5.74) is 1.59. The number of benzene rings is 1. The van der Waals surface area contributed by atoms with Gasteiger partial charge in [0.15, 0.2) is 0 Å². The largest absolute Gasteiger partial charge is 0.361 e. The van der Waals surface area contributed by atoms with Gasteiger partial charge in [-0.25, -0.2) is 0 Å². The van der Waals surface area contributed by atoms with Gasteiger partial charge in [-0.05, 0) is 55.9 Å². The van der Waals surface area contributed by atoms with Gasteiger partial charge in [-0.3, -0.25) is 9.59 Å². The second kappa shape index (κ2) is 7.43. The van der Waals surface area contributed by atoms with Crippen molar-refractivity contribution >= 4 is 22.7 Å². The second-order valence-electron chi connectivity index (χ2n) is 7.70. The van der Waals surface area contributed by atoms with E-state index in [1.54, 1.807) is 6.07 Å². The van der Waals surface area contributed by atoms with E-state index in [1.807, 2.05) is 24.4 Å². The summed E-state index contributed by atoms with van der Waals surface area (Å²) in [7, 11) is 0. The number of aromatic amines is 1. The third kappa shape index (κ3) is 3.82. The first kappa shape index (κ1) is 17.6. The van der Waals surface area contributed by atoms with Gasteiger partial charge < -0.3 is 15.6 Å². The number of fused-ring (bicyclic) bond motifs is 1. The van der Waals surface area contributed by atoms with Crippen LogP contribution in [0.25, 0.3) is 10.9 Å². The van der Waals surface area contributed by atoms with Crippen LogP contribution in [-0.4, -0.2) is 28.9 Å². The van der Waals surface area contributed by atoms with Crippen molar-refractivity contribution in [3.63, 3.8) is 0 Å². The average Bonchev–Trinajstić information content (AvgIpc) is 3.42. The molecule has 27 heavy (non-hydrogen) atoms. The number of aromatic nitrogens is 1. The molecule has 6 nitrogen and oxygen atoms in total. The molecule has 6 heteroatoms. The van der Waals surface area contributed by atoms with E-state index >= 15 is 0 Å². The summed E-state index contributed by atoms with van der Waals surface area (Å²) in [6.07, 6.45) is 7.36. The first-order valence-electron chi connectivity index (χ1n) is 9.73. The lowest BCUT2D eigenvalue weighted by molar-refractivity contribution is -0.127. The van der Waals surface area contributed by atoms with E-state index in [2.05, 4.69) is 21.7 Å². The van der Waals surface area contributed by atoms with Crippen LogP contribution in [0.2, 0.25) is 0 Å². The average molecular weight is 364 g/mol. The number of amides is 2. The molecule has 0 bridgehead atoms. The highest BCUT2D eigenvalue weighted by Gasteiger charge is 2.37. The fourth-order valence-electron chi connectivity index (χ4n) is 4.01. The lowest BCUT2D eigenvalue weighted by Gasteiger charge is -2.31. The molecule has 140 valence electrons. The Balaban J connectivity index is 1.44. The number of nitrogens with one attached hydrogen (secondary N) is 3. The monoisotopic (exact) mass is 364 g/mol. The summed E-state index contributed by atoms with van der Waals surface area (Å²) in [6, 6.07) is 9.10. The minimum atomic E-state index is -0.397. The van der Waals surface area contributed by atoms with Crippen LogP contribution in [-0.2, 0) is 4.79 Å². The molecule has 2 fully saturated rings. The van der Waals surface area contributed by atoms with E-state index in [9.17, 15) is 14.9 Å². The van der Waals surface area contributed by atoms with Crippen LogP contribution in [0.3, 0.4) is 0 Å². The van der Waals surface area contributed by atoms with Crippen LogP contribution >= 0.6 is 0 Å². The molecule has 2 aromatic rings. The summed E-state index contributed by atoms with van der Waals surface area (Å²) < 4.78 is 0. The molecule has 0 radical (unpaired) electrons. The van der Waals surface area contributed by atoms with Gasteiger partial charge in [0.05, 0.1) is 12.0 Å². The summed E-state index contributed by atoms with van der Waals surface area (Å²) in [5, 5.41) is 16.2. The van der Waals surface area contributed by atoms with Crippen molar-refractivity contribution in [3.8, 4) is 6.07 Å². The molecule has 1 aromatic carbocycles. The molecule has 3 atom stereocenters. The number of rotatable bonds is 5. The number of hydrogen-bond acceptors (Lipinski definition) is 3. The number of nitrogens with zero attached hydrogens (tertiary/aromatic N) is 1. The van der Waals surface area contributed by atoms with Crippen LogP contribution in [0.1, 0.15) is 48.9 Å². The van der Waals surface area contributed by atoms with E-state index in [1.165, 1.54) is 0 Å². The minimum absolute atomic E-state index is 0.0977. The molecule has 0 aliphatic heterocycles. The van der Waals surface area contributed by atoms with Crippen LogP contribution in [0, 0.1) is 23.2 Å². The highest BCUT2D eigenvalue weighted by Crippen LogP contribution is 2.33. The minimum Gasteiger partial charge on any atom is -0.361 e. The fraction of sp³-hybridized carbons (Fsp3) is 0.476. The van der Waals surface area contributed by atoms with Crippen molar-refractivity contribution in [1.29, 1.82) is 5.26 Å². The molecule has 0 saturated heterocycles. The molecule has 2 amide bonds. The van der Waals surface area contributed by atoms with Crippen LogP contribution in [0.5, 0.6) is 0 Å². The SMILES string of the molecule is N#C[C@@H](NC(=O)[C@@H]1CCCCC1NC(=O)c1ccc2[nH]ccc2c1)C1CC1. The predicted molar refractivity (Wildman–Crippen MR) is 102 cm³/mol. The Hall–Kier alpha value is -2.81. The lowest BCUT2D eigenvalue weighted by atomic mass is 9.83. The quantitative estimate of drug-likeness (QED) is 0.761. The number of H-pyrrole nitrogens is 1. The molecule has 1 heterocycles. The summed E-state index contributed by atoms with van der Waals surface area (Å²) in [4.78, 5) is 28.6. The van der Waals surface area contributed by atoms with Crippen LogP contribution < -0.4 is 10.6 Å². The first-order chi connectivity index (χ1) is 13.2. The third-order valence-corrected chi connectivity index (χ3v) is 5.76. The van der Waals surface area contributed by atoms with Crippen molar-refractivity contribution in [2.24, 2.45) is 11.8 Å². The molecule has 3 N–H and O–H groups in total. The molecule has 2 aliphatic rings. The zero-order chi connectivity index (χ0) is 18.8. The van der Waals surface area contributed by atoms with Crippen molar-refractivity contribution in [3.05, 3.63) is 36.0 Å². The third-order valence-electron chi connectivity index (χ3n) is 5.76. The Morgan fingerprint density at radius 3 is 2.74 bits per heavy atom. The van der Waals surface area contributed by atoms with Crippen LogP contribution in [0.4, 0.5) is 0 Å². The van der Waals surface area contributed by atoms with Gasteiger partial charge in [-0.1, -0.05) is 12.8 Å². The Morgan fingerprint density at radius 2 is 1.96 bits per heavy atom. The maximum atomic E-state index is 12.8. The van der Waals surface area contributed by atoms with Crippen molar-refractivity contribution in [2.75, 3.05) is 0 Å². The van der Waals surface area contributed by atoms with Gasteiger partial charge in [0.1, 0.15) is 6.04 Å². The van der Waals surface area contributed by atoms with E-state index in [0.29, 0.717) is 11.5 Å². The number of nitriles is 1. The van der Waals surface area contributed by atoms with Gasteiger partial charge >= 0.3 is 0 Å². The van der Waals surface area contributed by atoms with Gasteiger partial charge in [0, 0.05) is 28.7 Å². The van der Waals surface area contributed by atoms with E-state index < -0.39 is 6.04 Å². The molecular formula is C21H24N4O2. The Labute approximate surface area is 158 Å². The van der Waals surface area contributed by atoms with Gasteiger partial charge in [0.2, 0.25) is 5.91 Å². The normalized spacial score (nSPS) is 23.4. The number of carbonyl (C=O) groups is 2. The predicted octanol–water partition coefficient (Wildman–Crippen LogP) is 2.87. The Kier molecular flexibility index (Phi) is 4.85. The zero-order valence-corrected chi connectivity index (χ0v) is 15.2. The smallest absolute Gasteiger partial charge is 0.251 e. The number of carbonyl (C=O) groups excluding carboxylic acids is 2. The molecule has 2 aliphatic carbocycles. The van der Waals surface area contributed by atoms with Gasteiger partial charge in [-0.2, -0.15) is 5.26 Å². The van der Waals surface area contributed by atoms with Crippen molar-refractivity contribution in [1.82, 2.24) is 15.6 Å². The second-order valence-corrected chi connectivity index (χ2v) is 7.70. The van der Waals surface area contributed by atoms with E-state index in [4.69, 9.17) is 0 Å². The van der Waals surface area contributed by atoms with E-state index in [0.717, 1.165) is 49.4 Å². The molecule has 1 aromatic heterocycles. The molecule has 2 saturated carbocycles. The summed E-state index contributed by atoms with van der Waals surface area (Å²) in [6.45, 7) is 0. The summed E-state index contributed by atoms with van der Waals surface area (Å²) >= 11 is 0. The molecule has 1 unspecified atom stereocenters. The lowest BCUT2D eigenvalue weighted by Crippen LogP contribution is -2.50.